The van der Waals surface area contributed by atoms with E-state index >= 15 is 0 Å². The van der Waals surface area contributed by atoms with Crippen LogP contribution in [0.5, 0.6) is 0 Å². The summed E-state index contributed by atoms with van der Waals surface area (Å²) in [5.41, 5.74) is -0.982. The van der Waals surface area contributed by atoms with Crippen molar-refractivity contribution in [2.45, 2.75) is 6.54 Å². The standard InChI is InChI=1S/C17H13N5O7S2/c1-30-5-4-19-14-3-2-11(20(24)25)9-15(14)31-17(19)18-16(23)10-6-12(21(26)27)8-13(7-10)22(28)29/h2-3,6-9H,4-5H2,1H3. The number of aryl methyl sites for hydroxylation is 1. The molecule has 0 fully saturated rings. The minimum absolute atomic E-state index is 0.113. The van der Waals surface area contributed by atoms with E-state index in [4.69, 9.17) is 0 Å². The number of carbonyl (C=O) groups is 1. The second kappa shape index (κ2) is 9.01. The topological polar surface area (TPSA) is 164 Å². The first-order valence-corrected chi connectivity index (χ1v) is 10.7. The molecular weight excluding hydrogens is 450 g/mol. The van der Waals surface area contributed by atoms with Gasteiger partial charge in [-0.25, -0.2) is 0 Å². The third-order valence-electron chi connectivity index (χ3n) is 4.16. The van der Waals surface area contributed by atoms with E-state index < -0.39 is 32.1 Å². The van der Waals surface area contributed by atoms with Crippen molar-refractivity contribution in [3.05, 3.63) is 77.1 Å². The van der Waals surface area contributed by atoms with Gasteiger partial charge in [0.05, 0.1) is 36.6 Å². The summed E-state index contributed by atoms with van der Waals surface area (Å²) in [6, 6.07) is 6.88. The van der Waals surface area contributed by atoms with Crippen LogP contribution in [0.4, 0.5) is 17.1 Å². The molecule has 3 rings (SSSR count). The Balaban J connectivity index is 2.16. The second-order valence-corrected chi connectivity index (χ2v) is 8.10. The van der Waals surface area contributed by atoms with Crippen molar-refractivity contribution in [3.8, 4) is 0 Å². The Hall–Kier alpha value is -3.65. The molecule has 1 aromatic heterocycles. The van der Waals surface area contributed by atoms with Gasteiger partial charge in [0.25, 0.3) is 23.0 Å². The maximum absolute atomic E-state index is 12.7. The van der Waals surface area contributed by atoms with Gasteiger partial charge in [-0.1, -0.05) is 11.3 Å². The zero-order valence-corrected chi connectivity index (χ0v) is 17.4. The molecule has 0 saturated heterocycles. The van der Waals surface area contributed by atoms with Gasteiger partial charge in [-0.2, -0.15) is 16.8 Å². The number of thioether (sulfide) groups is 1. The zero-order chi connectivity index (χ0) is 22.7. The van der Waals surface area contributed by atoms with Crippen LogP contribution in [-0.2, 0) is 6.54 Å². The van der Waals surface area contributed by atoms with Crippen molar-refractivity contribution >= 4 is 56.3 Å². The fourth-order valence-corrected chi connectivity index (χ4v) is 4.19. The lowest BCUT2D eigenvalue weighted by Gasteiger charge is -2.03. The van der Waals surface area contributed by atoms with E-state index in [1.165, 1.54) is 12.1 Å². The zero-order valence-electron chi connectivity index (χ0n) is 15.8. The Kier molecular flexibility index (Phi) is 6.41. The van der Waals surface area contributed by atoms with E-state index in [2.05, 4.69) is 4.99 Å². The lowest BCUT2D eigenvalue weighted by atomic mass is 10.1. The van der Waals surface area contributed by atoms with Gasteiger partial charge in [0.2, 0.25) is 0 Å². The molecule has 1 heterocycles. The molecule has 0 spiro atoms. The van der Waals surface area contributed by atoms with Crippen molar-refractivity contribution in [1.29, 1.82) is 0 Å². The second-order valence-electron chi connectivity index (χ2n) is 6.11. The van der Waals surface area contributed by atoms with Crippen LogP contribution in [0.1, 0.15) is 10.4 Å². The summed E-state index contributed by atoms with van der Waals surface area (Å²) in [6.07, 6.45) is 1.89. The van der Waals surface area contributed by atoms with Crippen LogP contribution in [-0.4, -0.2) is 37.3 Å². The van der Waals surface area contributed by atoms with Crippen molar-refractivity contribution in [2.24, 2.45) is 4.99 Å². The number of fused-ring (bicyclic) bond motifs is 1. The first-order chi connectivity index (χ1) is 14.7. The summed E-state index contributed by atoms with van der Waals surface area (Å²) in [6.45, 7) is 0.459. The number of hydrogen-bond donors (Lipinski definition) is 0. The predicted molar refractivity (Wildman–Crippen MR) is 114 cm³/mol. The molecule has 3 aromatic rings. The SMILES string of the molecule is CSCCn1c(=NC(=O)c2cc([N+](=O)[O-])cc([N+](=O)[O-])c2)sc2cc([N+](=O)[O-])ccc21. The average Bonchev–Trinajstić information content (AvgIpc) is 3.07. The number of non-ortho nitro benzene ring substituents is 3. The molecule has 0 radical (unpaired) electrons. The molecular formula is C17H13N5O7S2. The first-order valence-electron chi connectivity index (χ1n) is 8.51. The number of nitrogens with zero attached hydrogens (tertiary/aromatic N) is 5. The highest BCUT2D eigenvalue weighted by molar-refractivity contribution is 7.98. The number of carbonyl (C=O) groups excluding carboxylic acids is 1. The highest BCUT2D eigenvalue weighted by Gasteiger charge is 2.20. The van der Waals surface area contributed by atoms with Crippen LogP contribution in [0.2, 0.25) is 0 Å². The minimum atomic E-state index is -0.897. The smallest absolute Gasteiger partial charge is 0.280 e. The largest absolute Gasteiger partial charge is 0.315 e. The van der Waals surface area contributed by atoms with Crippen LogP contribution in [0.3, 0.4) is 0 Å². The number of thiazole rings is 1. The van der Waals surface area contributed by atoms with Gasteiger partial charge in [0, 0.05) is 36.6 Å². The number of nitro groups is 3. The lowest BCUT2D eigenvalue weighted by Crippen LogP contribution is -2.18. The Labute approximate surface area is 181 Å². The molecule has 0 aliphatic heterocycles. The maximum Gasteiger partial charge on any atom is 0.280 e. The van der Waals surface area contributed by atoms with Crippen LogP contribution in [0, 0.1) is 30.3 Å². The molecule has 14 heteroatoms. The molecule has 0 saturated carbocycles. The highest BCUT2D eigenvalue weighted by atomic mass is 32.2. The van der Waals surface area contributed by atoms with E-state index in [1.54, 1.807) is 22.4 Å². The summed E-state index contributed by atoms with van der Waals surface area (Å²) in [7, 11) is 0. The Morgan fingerprint density at radius 2 is 1.61 bits per heavy atom. The fraction of sp³-hybridized carbons (Fsp3) is 0.176. The fourth-order valence-electron chi connectivity index (χ4n) is 2.74. The number of amides is 1. The van der Waals surface area contributed by atoms with E-state index in [1.807, 2.05) is 6.26 Å². The number of rotatable bonds is 7. The van der Waals surface area contributed by atoms with Gasteiger partial charge in [-0.15, -0.1) is 0 Å². The number of hydrogen-bond acceptors (Lipinski definition) is 9. The third kappa shape index (κ3) is 4.75. The van der Waals surface area contributed by atoms with Crippen molar-refractivity contribution in [3.63, 3.8) is 0 Å². The molecule has 0 aliphatic carbocycles. The summed E-state index contributed by atoms with van der Waals surface area (Å²) in [4.78, 5) is 47.9. The summed E-state index contributed by atoms with van der Waals surface area (Å²) < 4.78 is 2.25. The maximum atomic E-state index is 12.7. The number of nitro benzene ring substituents is 3. The number of benzene rings is 2. The molecule has 160 valence electrons. The van der Waals surface area contributed by atoms with Gasteiger partial charge >= 0.3 is 0 Å². The monoisotopic (exact) mass is 463 g/mol. The summed E-state index contributed by atoms with van der Waals surface area (Å²) >= 11 is 2.59. The molecule has 0 unspecified atom stereocenters. The van der Waals surface area contributed by atoms with Gasteiger partial charge in [0.1, 0.15) is 0 Å². The molecule has 12 nitrogen and oxygen atoms in total. The van der Waals surface area contributed by atoms with E-state index in [0.29, 0.717) is 22.5 Å². The van der Waals surface area contributed by atoms with Gasteiger partial charge in [0.15, 0.2) is 4.80 Å². The third-order valence-corrected chi connectivity index (χ3v) is 5.80. The molecule has 2 aromatic carbocycles. The molecule has 0 aliphatic rings. The molecule has 0 bridgehead atoms. The van der Waals surface area contributed by atoms with Crippen molar-refractivity contribution in [1.82, 2.24) is 4.57 Å². The number of aromatic nitrogens is 1. The Morgan fingerprint density at radius 1 is 1.00 bits per heavy atom. The summed E-state index contributed by atoms with van der Waals surface area (Å²) in [5.74, 6) is -0.224. The molecule has 0 N–H and O–H groups in total. The van der Waals surface area contributed by atoms with Crippen LogP contribution in [0.15, 0.2) is 41.4 Å². The van der Waals surface area contributed by atoms with Gasteiger partial charge in [-0.05, 0) is 12.3 Å². The van der Waals surface area contributed by atoms with Crippen molar-refractivity contribution in [2.75, 3.05) is 12.0 Å². The van der Waals surface area contributed by atoms with Crippen molar-refractivity contribution < 1.29 is 19.6 Å². The van der Waals surface area contributed by atoms with Crippen LogP contribution < -0.4 is 4.80 Å². The first kappa shape index (κ1) is 22.0. The van der Waals surface area contributed by atoms with Crippen LogP contribution >= 0.6 is 23.1 Å². The molecule has 0 atom stereocenters. The van der Waals surface area contributed by atoms with E-state index in [0.717, 1.165) is 29.5 Å². The minimum Gasteiger partial charge on any atom is -0.315 e. The average molecular weight is 463 g/mol. The van der Waals surface area contributed by atoms with Crippen LogP contribution in [0.25, 0.3) is 10.2 Å². The lowest BCUT2D eigenvalue weighted by molar-refractivity contribution is -0.394. The highest BCUT2D eigenvalue weighted by Crippen LogP contribution is 2.25. The normalized spacial score (nSPS) is 11.6. The molecule has 31 heavy (non-hydrogen) atoms. The quantitative estimate of drug-likeness (QED) is 0.379. The van der Waals surface area contributed by atoms with E-state index in [9.17, 15) is 35.1 Å². The Morgan fingerprint density at radius 3 is 2.16 bits per heavy atom. The predicted octanol–water partition coefficient (Wildman–Crippen LogP) is 3.53. The van der Waals surface area contributed by atoms with Gasteiger partial charge in [-0.3, -0.25) is 35.1 Å². The van der Waals surface area contributed by atoms with Gasteiger partial charge < -0.3 is 4.57 Å². The van der Waals surface area contributed by atoms with E-state index in [-0.39, 0.29) is 16.1 Å². The summed E-state index contributed by atoms with van der Waals surface area (Å²) in [5, 5.41) is 33.2. The Bertz CT molecular complexity index is 1270. The molecule has 1 amide bonds.